The Morgan fingerprint density at radius 3 is 2.71 bits per heavy atom. The molecule has 1 amide bonds. The van der Waals surface area contributed by atoms with Crippen molar-refractivity contribution in [3.8, 4) is 0 Å². The number of amides is 1. The second-order valence-corrected chi connectivity index (χ2v) is 7.78. The Labute approximate surface area is 134 Å². The van der Waals surface area contributed by atoms with Gasteiger partial charge in [-0.2, -0.15) is 0 Å². The standard InChI is InChI=1S/C17H22BrNO2/c1-17(2,3)15-14-7-5-4-6-11(14)8-12-9-13(10-18)21-16(20)19(12)15/h4-7,12-13,15H,8-10H2,1-3H3/t12-,13-,15-/m1/s1. The molecule has 114 valence electrons. The van der Waals surface area contributed by atoms with Crippen LogP contribution in [0.3, 0.4) is 0 Å². The number of hydrogen-bond donors (Lipinski definition) is 0. The third-order valence-corrected chi connectivity index (χ3v) is 5.20. The molecule has 0 aromatic heterocycles. The highest BCUT2D eigenvalue weighted by Crippen LogP contribution is 2.46. The molecular formula is C17H22BrNO2. The molecule has 1 saturated heterocycles. The molecule has 1 aromatic rings. The van der Waals surface area contributed by atoms with Gasteiger partial charge in [-0.25, -0.2) is 4.79 Å². The van der Waals surface area contributed by atoms with Crippen LogP contribution in [0.2, 0.25) is 0 Å². The van der Waals surface area contributed by atoms with Crippen LogP contribution in [0.1, 0.15) is 44.4 Å². The molecule has 2 heterocycles. The second-order valence-electron chi connectivity index (χ2n) is 7.13. The van der Waals surface area contributed by atoms with Crippen molar-refractivity contribution in [3.05, 3.63) is 35.4 Å². The SMILES string of the molecule is CC(C)(C)[C@H]1c2ccccc2C[C@@H]2C[C@H](CBr)OC(=O)N21. The van der Waals surface area contributed by atoms with Crippen LogP contribution in [0.15, 0.2) is 24.3 Å². The lowest BCUT2D eigenvalue weighted by Crippen LogP contribution is -2.56. The number of hydrogen-bond acceptors (Lipinski definition) is 2. The zero-order chi connectivity index (χ0) is 15.2. The van der Waals surface area contributed by atoms with Gasteiger partial charge in [-0.15, -0.1) is 0 Å². The van der Waals surface area contributed by atoms with Crippen LogP contribution in [0.4, 0.5) is 4.79 Å². The number of nitrogens with zero attached hydrogens (tertiary/aromatic N) is 1. The number of ether oxygens (including phenoxy) is 1. The molecule has 0 spiro atoms. The number of benzene rings is 1. The second kappa shape index (κ2) is 5.31. The normalized spacial score (nSPS) is 28.7. The van der Waals surface area contributed by atoms with Crippen molar-refractivity contribution in [1.82, 2.24) is 4.90 Å². The molecule has 3 nitrogen and oxygen atoms in total. The minimum absolute atomic E-state index is 0.00960. The van der Waals surface area contributed by atoms with E-state index in [-0.39, 0.29) is 29.7 Å². The van der Waals surface area contributed by atoms with Crippen molar-refractivity contribution in [2.24, 2.45) is 5.41 Å². The first-order valence-corrected chi connectivity index (χ1v) is 8.66. The van der Waals surface area contributed by atoms with E-state index in [1.165, 1.54) is 11.1 Å². The number of halogens is 1. The third kappa shape index (κ3) is 2.59. The lowest BCUT2D eigenvalue weighted by atomic mass is 9.74. The van der Waals surface area contributed by atoms with E-state index in [1.807, 2.05) is 4.90 Å². The fourth-order valence-electron chi connectivity index (χ4n) is 3.68. The summed E-state index contributed by atoms with van der Waals surface area (Å²) < 4.78 is 5.59. The molecule has 0 unspecified atom stereocenters. The van der Waals surface area contributed by atoms with Gasteiger partial charge in [0.15, 0.2) is 0 Å². The van der Waals surface area contributed by atoms with Gasteiger partial charge in [0.2, 0.25) is 0 Å². The van der Waals surface area contributed by atoms with Crippen LogP contribution in [0.25, 0.3) is 0 Å². The van der Waals surface area contributed by atoms with Crippen LogP contribution < -0.4 is 0 Å². The van der Waals surface area contributed by atoms with Gasteiger partial charge in [-0.05, 0) is 23.0 Å². The molecule has 1 fully saturated rings. The lowest BCUT2D eigenvalue weighted by Gasteiger charge is -2.51. The van der Waals surface area contributed by atoms with Crippen molar-refractivity contribution in [2.75, 3.05) is 5.33 Å². The molecule has 1 aromatic carbocycles. The molecule has 0 aliphatic carbocycles. The molecule has 0 bridgehead atoms. The summed E-state index contributed by atoms with van der Waals surface area (Å²) in [6.45, 7) is 6.59. The Bertz CT molecular complexity index is 552. The minimum Gasteiger partial charge on any atom is -0.445 e. The summed E-state index contributed by atoms with van der Waals surface area (Å²) in [6.07, 6.45) is 1.66. The number of carbonyl (C=O) groups is 1. The quantitative estimate of drug-likeness (QED) is 0.705. The number of cyclic esters (lactones) is 1. The summed E-state index contributed by atoms with van der Waals surface area (Å²) in [7, 11) is 0. The molecule has 4 heteroatoms. The summed E-state index contributed by atoms with van der Waals surface area (Å²) in [4.78, 5) is 14.5. The first-order chi connectivity index (χ1) is 9.91. The molecule has 2 aliphatic heterocycles. The minimum atomic E-state index is -0.162. The van der Waals surface area contributed by atoms with E-state index in [1.54, 1.807) is 0 Å². The molecule has 3 rings (SSSR count). The van der Waals surface area contributed by atoms with Crippen molar-refractivity contribution >= 4 is 22.0 Å². The van der Waals surface area contributed by atoms with E-state index >= 15 is 0 Å². The van der Waals surface area contributed by atoms with E-state index in [9.17, 15) is 4.79 Å². The summed E-state index contributed by atoms with van der Waals surface area (Å²) in [5, 5.41) is 0.713. The van der Waals surface area contributed by atoms with E-state index in [4.69, 9.17) is 4.74 Å². The molecule has 0 radical (unpaired) electrons. The monoisotopic (exact) mass is 351 g/mol. The predicted molar refractivity (Wildman–Crippen MR) is 86.6 cm³/mol. The average Bonchev–Trinajstić information content (AvgIpc) is 2.43. The summed E-state index contributed by atoms with van der Waals surface area (Å²) in [5.74, 6) is 0. The summed E-state index contributed by atoms with van der Waals surface area (Å²) >= 11 is 3.45. The molecule has 0 N–H and O–H groups in total. The van der Waals surface area contributed by atoms with Crippen molar-refractivity contribution < 1.29 is 9.53 Å². The Balaban J connectivity index is 2.06. The van der Waals surface area contributed by atoms with Crippen LogP contribution in [-0.2, 0) is 11.2 Å². The fraction of sp³-hybridized carbons (Fsp3) is 0.588. The van der Waals surface area contributed by atoms with Crippen LogP contribution in [0, 0.1) is 5.41 Å². The maximum absolute atomic E-state index is 12.5. The zero-order valence-corrected chi connectivity index (χ0v) is 14.4. The third-order valence-electron chi connectivity index (χ3n) is 4.48. The molecule has 21 heavy (non-hydrogen) atoms. The maximum Gasteiger partial charge on any atom is 0.410 e. The smallest absolute Gasteiger partial charge is 0.410 e. The highest BCUT2D eigenvalue weighted by Gasteiger charge is 2.47. The van der Waals surface area contributed by atoms with Crippen LogP contribution in [-0.4, -0.2) is 28.5 Å². The van der Waals surface area contributed by atoms with Gasteiger partial charge in [0.1, 0.15) is 6.10 Å². The van der Waals surface area contributed by atoms with Crippen molar-refractivity contribution in [2.45, 2.75) is 51.8 Å². The van der Waals surface area contributed by atoms with Gasteiger partial charge in [-0.1, -0.05) is 61.0 Å². The molecule has 3 atom stereocenters. The number of alkyl halides is 1. The Morgan fingerprint density at radius 2 is 2.05 bits per heavy atom. The maximum atomic E-state index is 12.5. The molecule has 2 aliphatic rings. The van der Waals surface area contributed by atoms with Gasteiger partial charge < -0.3 is 4.74 Å². The predicted octanol–water partition coefficient (Wildman–Crippen LogP) is 4.30. The first kappa shape index (κ1) is 14.9. The van der Waals surface area contributed by atoms with Gasteiger partial charge in [0.05, 0.1) is 6.04 Å². The van der Waals surface area contributed by atoms with Crippen molar-refractivity contribution in [3.63, 3.8) is 0 Å². The molecule has 0 saturated carbocycles. The van der Waals surface area contributed by atoms with E-state index < -0.39 is 0 Å². The summed E-state index contributed by atoms with van der Waals surface area (Å²) in [6, 6.07) is 8.84. The fourth-order valence-corrected chi connectivity index (χ4v) is 4.08. The Morgan fingerprint density at radius 1 is 1.33 bits per heavy atom. The van der Waals surface area contributed by atoms with Gasteiger partial charge in [0, 0.05) is 17.8 Å². The van der Waals surface area contributed by atoms with E-state index in [0.717, 1.165) is 12.8 Å². The zero-order valence-electron chi connectivity index (χ0n) is 12.8. The number of fused-ring (bicyclic) bond motifs is 2. The molecular weight excluding hydrogens is 330 g/mol. The highest BCUT2D eigenvalue weighted by molar-refractivity contribution is 9.09. The lowest BCUT2D eigenvalue weighted by molar-refractivity contribution is -0.0360. The Hall–Kier alpha value is -1.03. The largest absolute Gasteiger partial charge is 0.445 e. The van der Waals surface area contributed by atoms with Crippen LogP contribution >= 0.6 is 15.9 Å². The average molecular weight is 352 g/mol. The number of carbonyl (C=O) groups excluding carboxylic acids is 1. The van der Waals surface area contributed by atoms with Crippen LogP contribution in [0.5, 0.6) is 0 Å². The highest BCUT2D eigenvalue weighted by atomic mass is 79.9. The van der Waals surface area contributed by atoms with Crippen molar-refractivity contribution in [1.29, 1.82) is 0 Å². The van der Waals surface area contributed by atoms with Gasteiger partial charge in [-0.3, -0.25) is 4.90 Å². The van der Waals surface area contributed by atoms with Gasteiger partial charge >= 0.3 is 6.09 Å². The summed E-state index contributed by atoms with van der Waals surface area (Å²) in [5.41, 5.74) is 2.63. The van der Waals surface area contributed by atoms with E-state index in [0.29, 0.717) is 5.33 Å². The Kier molecular flexibility index (Phi) is 3.76. The first-order valence-electron chi connectivity index (χ1n) is 7.54. The van der Waals surface area contributed by atoms with E-state index in [2.05, 4.69) is 61.0 Å². The number of rotatable bonds is 1. The topological polar surface area (TPSA) is 29.5 Å². The van der Waals surface area contributed by atoms with Gasteiger partial charge in [0.25, 0.3) is 0 Å².